The van der Waals surface area contributed by atoms with Gasteiger partial charge in [-0.2, -0.15) is 0 Å². The lowest BCUT2D eigenvalue weighted by Crippen LogP contribution is -2.41. The molecule has 3 rings (SSSR count). The number of carbonyl (C=O) groups is 2. The van der Waals surface area contributed by atoms with Crippen LogP contribution in [0.15, 0.2) is 42.7 Å². The lowest BCUT2D eigenvalue weighted by molar-refractivity contribution is -0.121. The van der Waals surface area contributed by atoms with Crippen LogP contribution in [-0.2, 0) is 16.0 Å². The molecule has 1 unspecified atom stereocenters. The molecule has 1 N–H and O–H groups in total. The van der Waals surface area contributed by atoms with Crippen LogP contribution < -0.4 is 5.32 Å². The van der Waals surface area contributed by atoms with Gasteiger partial charge in [0.25, 0.3) is 5.91 Å². The van der Waals surface area contributed by atoms with Gasteiger partial charge in [-0.1, -0.05) is 30.3 Å². The molecule has 8 nitrogen and oxygen atoms in total. The number of amides is 2. The van der Waals surface area contributed by atoms with Gasteiger partial charge in [0.1, 0.15) is 5.69 Å². The number of morpholine rings is 1. The van der Waals surface area contributed by atoms with Gasteiger partial charge in [0.15, 0.2) is 0 Å². The molecule has 0 radical (unpaired) electrons. The molecule has 1 atom stereocenters. The van der Waals surface area contributed by atoms with Crippen LogP contribution in [0.2, 0.25) is 0 Å². The summed E-state index contributed by atoms with van der Waals surface area (Å²) in [5, 5.41) is 3.07. The van der Waals surface area contributed by atoms with E-state index in [0.717, 1.165) is 57.8 Å². The second-order valence-corrected chi connectivity index (χ2v) is 8.89. The molecule has 8 heteroatoms. The van der Waals surface area contributed by atoms with Crippen molar-refractivity contribution >= 4 is 11.8 Å². The Morgan fingerprint density at radius 2 is 1.88 bits per heavy atom. The first-order valence-electron chi connectivity index (χ1n) is 12.2. The van der Waals surface area contributed by atoms with Crippen molar-refractivity contribution in [2.75, 3.05) is 45.9 Å². The molecule has 2 heterocycles. The molecule has 2 amide bonds. The van der Waals surface area contributed by atoms with Crippen LogP contribution in [0, 0.1) is 6.92 Å². The number of hydrogen-bond acceptors (Lipinski definition) is 6. The molecule has 34 heavy (non-hydrogen) atoms. The van der Waals surface area contributed by atoms with Crippen molar-refractivity contribution in [3.63, 3.8) is 0 Å². The standard InChI is InChI=1S/C26H37N5O3/c1-21(9-10-23-7-4-3-5-8-23)29-25(32)11-14-31(13-6-12-30-15-17-34-18-16-30)26(33)24-20-27-22(2)19-28-24/h3-5,7-8,19-21H,6,9-18H2,1-2H3,(H,29,32). The maximum atomic E-state index is 13.1. The molecule has 0 aliphatic carbocycles. The number of hydrogen-bond donors (Lipinski definition) is 1. The van der Waals surface area contributed by atoms with Crippen LogP contribution in [0.5, 0.6) is 0 Å². The Kier molecular flexibility index (Phi) is 10.4. The number of aromatic nitrogens is 2. The van der Waals surface area contributed by atoms with E-state index >= 15 is 0 Å². The zero-order chi connectivity index (χ0) is 24.2. The summed E-state index contributed by atoms with van der Waals surface area (Å²) in [6.07, 6.45) is 5.99. The van der Waals surface area contributed by atoms with Crippen molar-refractivity contribution in [2.24, 2.45) is 0 Å². The van der Waals surface area contributed by atoms with Gasteiger partial charge >= 0.3 is 0 Å². The van der Waals surface area contributed by atoms with E-state index in [-0.39, 0.29) is 24.3 Å². The van der Waals surface area contributed by atoms with E-state index in [2.05, 4.69) is 32.3 Å². The monoisotopic (exact) mass is 467 g/mol. The normalized spacial score (nSPS) is 15.0. The van der Waals surface area contributed by atoms with Crippen LogP contribution in [-0.4, -0.2) is 83.6 Å². The highest BCUT2D eigenvalue weighted by atomic mass is 16.5. The molecule has 0 bridgehead atoms. The summed E-state index contributed by atoms with van der Waals surface area (Å²) < 4.78 is 5.41. The van der Waals surface area contributed by atoms with Crippen molar-refractivity contribution in [2.45, 2.75) is 45.6 Å². The van der Waals surface area contributed by atoms with E-state index in [1.807, 2.05) is 32.0 Å². The highest BCUT2D eigenvalue weighted by molar-refractivity contribution is 5.92. The van der Waals surface area contributed by atoms with Crippen molar-refractivity contribution in [3.05, 3.63) is 59.7 Å². The summed E-state index contributed by atoms with van der Waals surface area (Å²) in [5.74, 6) is -0.221. The van der Waals surface area contributed by atoms with Gasteiger partial charge in [-0.25, -0.2) is 4.98 Å². The van der Waals surface area contributed by atoms with E-state index in [4.69, 9.17) is 4.74 Å². The Morgan fingerprint density at radius 1 is 1.12 bits per heavy atom. The Bertz CT molecular complexity index is 885. The van der Waals surface area contributed by atoms with Gasteiger partial charge in [-0.3, -0.25) is 19.5 Å². The zero-order valence-electron chi connectivity index (χ0n) is 20.4. The lowest BCUT2D eigenvalue weighted by atomic mass is 10.1. The van der Waals surface area contributed by atoms with Crippen molar-refractivity contribution in [1.29, 1.82) is 0 Å². The van der Waals surface area contributed by atoms with Crippen LogP contribution in [0.4, 0.5) is 0 Å². The third-order valence-electron chi connectivity index (χ3n) is 6.02. The fourth-order valence-electron chi connectivity index (χ4n) is 3.97. The van der Waals surface area contributed by atoms with E-state index in [0.29, 0.717) is 18.8 Å². The first-order valence-corrected chi connectivity index (χ1v) is 12.2. The highest BCUT2D eigenvalue weighted by Crippen LogP contribution is 2.08. The SMILES string of the molecule is Cc1cnc(C(=O)N(CCCN2CCOCC2)CCC(=O)NC(C)CCc2ccccc2)cn1. The Labute approximate surface area is 202 Å². The maximum Gasteiger partial charge on any atom is 0.274 e. The average Bonchev–Trinajstić information content (AvgIpc) is 2.86. The number of ether oxygens (including phenoxy) is 1. The third kappa shape index (κ3) is 8.83. The van der Waals surface area contributed by atoms with Crippen LogP contribution in [0.25, 0.3) is 0 Å². The fourth-order valence-corrected chi connectivity index (χ4v) is 3.97. The van der Waals surface area contributed by atoms with Crippen molar-refractivity contribution in [1.82, 2.24) is 25.1 Å². The summed E-state index contributed by atoms with van der Waals surface area (Å²) >= 11 is 0. The molecule has 184 valence electrons. The molecular weight excluding hydrogens is 430 g/mol. The first-order chi connectivity index (χ1) is 16.5. The predicted molar refractivity (Wildman–Crippen MR) is 132 cm³/mol. The van der Waals surface area contributed by atoms with Crippen LogP contribution >= 0.6 is 0 Å². The zero-order valence-corrected chi connectivity index (χ0v) is 20.4. The smallest absolute Gasteiger partial charge is 0.274 e. The Morgan fingerprint density at radius 3 is 2.59 bits per heavy atom. The molecule has 2 aromatic rings. The van der Waals surface area contributed by atoms with Gasteiger partial charge in [0.2, 0.25) is 5.91 Å². The minimum atomic E-state index is -0.181. The van der Waals surface area contributed by atoms with Crippen molar-refractivity contribution in [3.8, 4) is 0 Å². The molecule has 1 aliphatic heterocycles. The lowest BCUT2D eigenvalue weighted by Gasteiger charge is -2.28. The summed E-state index contributed by atoms with van der Waals surface area (Å²) in [6, 6.07) is 10.3. The van der Waals surface area contributed by atoms with E-state index in [1.54, 1.807) is 11.1 Å². The minimum absolute atomic E-state index is 0.0402. The second-order valence-electron chi connectivity index (χ2n) is 8.89. The van der Waals surface area contributed by atoms with E-state index < -0.39 is 0 Å². The first kappa shape index (κ1) is 25.8. The number of aryl methyl sites for hydroxylation is 2. The van der Waals surface area contributed by atoms with E-state index in [9.17, 15) is 9.59 Å². The summed E-state index contributed by atoms with van der Waals surface area (Å²) in [6.45, 7) is 9.03. The predicted octanol–water partition coefficient (Wildman–Crippen LogP) is 2.48. The maximum absolute atomic E-state index is 13.1. The fraction of sp³-hybridized carbons (Fsp3) is 0.538. The van der Waals surface area contributed by atoms with Crippen molar-refractivity contribution < 1.29 is 14.3 Å². The van der Waals surface area contributed by atoms with Crippen LogP contribution in [0.3, 0.4) is 0 Å². The van der Waals surface area contributed by atoms with Crippen LogP contribution in [0.1, 0.15) is 47.9 Å². The molecule has 1 saturated heterocycles. The molecular formula is C26H37N5O3. The number of carbonyl (C=O) groups excluding carboxylic acids is 2. The summed E-state index contributed by atoms with van der Waals surface area (Å²) in [5.41, 5.74) is 2.34. The third-order valence-corrected chi connectivity index (χ3v) is 6.02. The molecule has 1 aromatic carbocycles. The highest BCUT2D eigenvalue weighted by Gasteiger charge is 2.20. The molecule has 0 spiro atoms. The Hall–Kier alpha value is -2.84. The number of rotatable bonds is 12. The number of nitrogens with zero attached hydrogens (tertiary/aromatic N) is 4. The topological polar surface area (TPSA) is 87.7 Å². The molecule has 0 saturated carbocycles. The minimum Gasteiger partial charge on any atom is -0.379 e. The van der Waals surface area contributed by atoms with Gasteiger partial charge in [0.05, 0.1) is 25.1 Å². The largest absolute Gasteiger partial charge is 0.379 e. The quantitative estimate of drug-likeness (QED) is 0.516. The second kappa shape index (κ2) is 13.8. The van der Waals surface area contributed by atoms with Gasteiger partial charge < -0.3 is 15.0 Å². The average molecular weight is 468 g/mol. The number of benzene rings is 1. The summed E-state index contributed by atoms with van der Waals surface area (Å²) in [4.78, 5) is 38.2. The Balaban J connectivity index is 1.49. The van der Waals surface area contributed by atoms with Gasteiger partial charge in [-0.15, -0.1) is 0 Å². The molecule has 1 aliphatic rings. The molecule has 1 aromatic heterocycles. The molecule has 1 fully saturated rings. The van der Waals surface area contributed by atoms with Gasteiger partial charge in [0, 0.05) is 51.4 Å². The van der Waals surface area contributed by atoms with Gasteiger partial charge in [-0.05, 0) is 38.7 Å². The number of nitrogens with one attached hydrogen (secondary N) is 1. The van der Waals surface area contributed by atoms with E-state index in [1.165, 1.54) is 11.8 Å². The summed E-state index contributed by atoms with van der Waals surface area (Å²) in [7, 11) is 0.